The molecule has 5 rings (SSSR count). The average molecular weight is 445 g/mol. The molecule has 4 aromatic heterocycles. The molecule has 1 N–H and O–H groups in total. The summed E-state index contributed by atoms with van der Waals surface area (Å²) in [5.74, 6) is 1.36. The summed E-state index contributed by atoms with van der Waals surface area (Å²) >= 11 is 0. The van der Waals surface area contributed by atoms with Gasteiger partial charge in [-0.2, -0.15) is 10.2 Å². The van der Waals surface area contributed by atoms with Crippen molar-refractivity contribution in [1.82, 2.24) is 44.6 Å². The van der Waals surface area contributed by atoms with Crippen molar-refractivity contribution in [1.29, 1.82) is 0 Å². The van der Waals surface area contributed by atoms with Crippen molar-refractivity contribution in [2.24, 2.45) is 14.1 Å². The van der Waals surface area contributed by atoms with Gasteiger partial charge in [-0.3, -0.25) is 9.36 Å². The lowest BCUT2D eigenvalue weighted by atomic mass is 10.2. The number of rotatable bonds is 6. The second-order valence-electron chi connectivity index (χ2n) is 8.10. The van der Waals surface area contributed by atoms with Crippen LogP contribution < -0.4 is 5.32 Å². The molecule has 0 aliphatic rings. The van der Waals surface area contributed by atoms with Crippen LogP contribution in [-0.4, -0.2) is 58.7 Å². The topological polar surface area (TPSA) is 116 Å². The van der Waals surface area contributed by atoms with Crippen LogP contribution in [0.1, 0.15) is 11.6 Å². The number of aryl methyl sites for hydroxylation is 3. The maximum atomic E-state index is 5.59. The highest BCUT2D eigenvalue weighted by Crippen LogP contribution is 2.30. The second kappa shape index (κ2) is 8.10. The molecule has 33 heavy (non-hydrogen) atoms. The Kier molecular flexibility index (Phi) is 5.09. The van der Waals surface area contributed by atoms with Crippen LogP contribution in [0.15, 0.2) is 40.9 Å². The third kappa shape index (κ3) is 4.05. The van der Waals surface area contributed by atoms with Crippen molar-refractivity contribution in [2.75, 3.05) is 19.4 Å². The van der Waals surface area contributed by atoms with E-state index in [1.165, 1.54) is 0 Å². The first-order valence-electron chi connectivity index (χ1n) is 10.4. The van der Waals surface area contributed by atoms with Gasteiger partial charge < -0.3 is 14.6 Å². The van der Waals surface area contributed by atoms with E-state index in [2.05, 4.69) is 40.6 Å². The Morgan fingerprint density at radius 3 is 2.61 bits per heavy atom. The lowest BCUT2D eigenvalue weighted by molar-refractivity contribution is 0.387. The van der Waals surface area contributed by atoms with E-state index in [-0.39, 0.29) is 0 Å². The van der Waals surface area contributed by atoms with E-state index in [0.29, 0.717) is 23.4 Å². The van der Waals surface area contributed by atoms with Gasteiger partial charge in [0.1, 0.15) is 5.69 Å². The summed E-state index contributed by atoms with van der Waals surface area (Å²) in [6.45, 7) is 2.55. The molecule has 0 bridgehead atoms. The second-order valence-corrected chi connectivity index (χ2v) is 8.10. The number of hydrogen-bond donors (Lipinski definition) is 1. The van der Waals surface area contributed by atoms with Gasteiger partial charge in [0.2, 0.25) is 11.8 Å². The number of fused-ring (bicyclic) bond motifs is 1. The SMILES string of the molecule is Cc1nnc(-c2nn(C)c3ccc(Nc4nccc(-c5cc(CN(C)C)n(C)n5)n4)cc23)o1. The smallest absolute Gasteiger partial charge is 0.268 e. The zero-order chi connectivity index (χ0) is 23.1. The summed E-state index contributed by atoms with van der Waals surface area (Å²) in [5.41, 5.74) is 5.05. The van der Waals surface area contributed by atoms with Crippen molar-refractivity contribution in [2.45, 2.75) is 13.5 Å². The Morgan fingerprint density at radius 1 is 1.00 bits per heavy atom. The molecule has 0 saturated carbocycles. The number of nitrogens with one attached hydrogen (secondary N) is 1. The maximum absolute atomic E-state index is 5.59. The molecule has 1 aromatic carbocycles. The van der Waals surface area contributed by atoms with E-state index in [1.807, 2.05) is 63.2 Å². The Bertz CT molecular complexity index is 1440. The highest BCUT2D eigenvalue weighted by atomic mass is 16.4. The number of anilines is 2. The first-order chi connectivity index (χ1) is 15.9. The van der Waals surface area contributed by atoms with Gasteiger partial charge >= 0.3 is 0 Å². The molecule has 0 saturated heterocycles. The molecule has 0 aliphatic carbocycles. The van der Waals surface area contributed by atoms with Gasteiger partial charge in [-0.05, 0) is 44.4 Å². The largest absolute Gasteiger partial charge is 0.420 e. The molecule has 0 amide bonds. The lowest BCUT2D eigenvalue weighted by Crippen LogP contribution is -2.13. The van der Waals surface area contributed by atoms with Crippen molar-refractivity contribution in [3.05, 3.63) is 48.1 Å². The van der Waals surface area contributed by atoms with Crippen LogP contribution in [0.4, 0.5) is 11.6 Å². The molecule has 11 nitrogen and oxygen atoms in total. The third-order valence-electron chi connectivity index (χ3n) is 5.21. The minimum Gasteiger partial charge on any atom is -0.420 e. The zero-order valence-electron chi connectivity index (χ0n) is 19.1. The van der Waals surface area contributed by atoms with Gasteiger partial charge in [0.05, 0.1) is 16.9 Å². The third-order valence-corrected chi connectivity index (χ3v) is 5.21. The van der Waals surface area contributed by atoms with Crippen molar-refractivity contribution in [3.8, 4) is 23.0 Å². The van der Waals surface area contributed by atoms with Crippen LogP contribution in [0.25, 0.3) is 33.9 Å². The first kappa shape index (κ1) is 20.8. The fourth-order valence-corrected chi connectivity index (χ4v) is 3.69. The van der Waals surface area contributed by atoms with E-state index in [4.69, 9.17) is 4.42 Å². The minimum atomic E-state index is 0.386. The first-order valence-corrected chi connectivity index (χ1v) is 10.4. The van der Waals surface area contributed by atoms with Gasteiger partial charge in [0.25, 0.3) is 5.89 Å². The number of nitrogens with zero attached hydrogens (tertiary/aromatic N) is 9. The summed E-state index contributed by atoms with van der Waals surface area (Å²) in [4.78, 5) is 11.2. The normalized spacial score (nSPS) is 11.6. The quantitative estimate of drug-likeness (QED) is 0.422. The summed E-state index contributed by atoms with van der Waals surface area (Å²) < 4.78 is 9.26. The van der Waals surface area contributed by atoms with Crippen molar-refractivity contribution < 1.29 is 4.42 Å². The standard InChI is InChI=1S/C22H24N10O/c1-13-26-27-21(33-13)20-16-10-14(6-7-19(16)32(5)29-20)24-22-23-9-8-17(25-22)18-11-15(12-30(2)3)31(4)28-18/h6-11H,12H2,1-5H3,(H,23,24,25). The van der Waals surface area contributed by atoms with Crippen LogP contribution in [0.5, 0.6) is 0 Å². The molecule has 0 radical (unpaired) electrons. The molecular formula is C22H24N10O. The van der Waals surface area contributed by atoms with Crippen molar-refractivity contribution >= 4 is 22.5 Å². The fourth-order valence-electron chi connectivity index (χ4n) is 3.69. The number of benzene rings is 1. The van der Waals surface area contributed by atoms with E-state index < -0.39 is 0 Å². The highest BCUT2D eigenvalue weighted by Gasteiger charge is 2.17. The van der Waals surface area contributed by atoms with Crippen molar-refractivity contribution in [3.63, 3.8) is 0 Å². The Balaban J connectivity index is 1.46. The van der Waals surface area contributed by atoms with Gasteiger partial charge in [0.15, 0.2) is 5.69 Å². The molecule has 0 atom stereocenters. The minimum absolute atomic E-state index is 0.386. The number of aromatic nitrogens is 8. The number of hydrogen-bond acceptors (Lipinski definition) is 9. The average Bonchev–Trinajstić information content (AvgIpc) is 3.46. The van der Waals surface area contributed by atoms with Crippen LogP contribution in [0.2, 0.25) is 0 Å². The molecule has 0 unspecified atom stereocenters. The molecule has 0 spiro atoms. The van der Waals surface area contributed by atoms with E-state index in [1.54, 1.807) is 17.8 Å². The molecule has 168 valence electrons. The predicted molar refractivity (Wildman–Crippen MR) is 124 cm³/mol. The Labute approximate surface area is 190 Å². The Hall–Kier alpha value is -4.12. The van der Waals surface area contributed by atoms with Gasteiger partial charge in [-0.1, -0.05) is 0 Å². The monoisotopic (exact) mass is 444 g/mol. The Morgan fingerprint density at radius 2 is 1.85 bits per heavy atom. The zero-order valence-corrected chi connectivity index (χ0v) is 19.1. The molecule has 0 aliphatic heterocycles. The van der Waals surface area contributed by atoms with E-state index >= 15 is 0 Å². The molecule has 0 fully saturated rings. The fraction of sp³-hybridized carbons (Fsp3) is 0.273. The highest BCUT2D eigenvalue weighted by molar-refractivity contribution is 5.93. The van der Waals surface area contributed by atoms with Crippen LogP contribution in [0.3, 0.4) is 0 Å². The lowest BCUT2D eigenvalue weighted by Gasteiger charge is -2.08. The molecule has 5 aromatic rings. The summed E-state index contributed by atoms with van der Waals surface area (Å²) in [7, 11) is 7.88. The van der Waals surface area contributed by atoms with E-state index in [0.717, 1.165) is 40.2 Å². The summed E-state index contributed by atoms with van der Waals surface area (Å²) in [5, 5.41) is 21.4. The van der Waals surface area contributed by atoms with Crippen LogP contribution >= 0.6 is 0 Å². The maximum Gasteiger partial charge on any atom is 0.268 e. The molecular weight excluding hydrogens is 420 g/mol. The summed E-state index contributed by atoms with van der Waals surface area (Å²) in [6.07, 6.45) is 1.72. The van der Waals surface area contributed by atoms with Gasteiger partial charge in [-0.15, -0.1) is 10.2 Å². The molecule has 11 heteroatoms. The molecule has 4 heterocycles. The van der Waals surface area contributed by atoms with Gasteiger partial charge in [0, 0.05) is 44.8 Å². The van der Waals surface area contributed by atoms with E-state index in [9.17, 15) is 0 Å². The van der Waals surface area contributed by atoms with Crippen LogP contribution in [-0.2, 0) is 20.6 Å². The van der Waals surface area contributed by atoms with Gasteiger partial charge in [-0.25, -0.2) is 9.97 Å². The van der Waals surface area contributed by atoms with Crippen LogP contribution in [0, 0.1) is 6.92 Å². The summed E-state index contributed by atoms with van der Waals surface area (Å²) in [6, 6.07) is 9.81. The predicted octanol–water partition coefficient (Wildman–Crippen LogP) is 2.93.